The van der Waals surface area contributed by atoms with Crippen molar-refractivity contribution in [2.24, 2.45) is 0 Å². The lowest BCUT2D eigenvalue weighted by atomic mass is 10.0. The van der Waals surface area contributed by atoms with Crippen LogP contribution in [0.25, 0.3) is 20.9 Å². The molecule has 2 heteroatoms. The van der Waals surface area contributed by atoms with E-state index in [2.05, 4.69) is 62.4 Å². The molecule has 0 nitrogen and oxygen atoms in total. The van der Waals surface area contributed by atoms with Crippen LogP contribution in [0.15, 0.2) is 48.5 Å². The van der Waals surface area contributed by atoms with Gasteiger partial charge in [0.2, 0.25) is 0 Å². The molecule has 0 radical (unpaired) electrons. The SMILES string of the molecule is CCCCCCc1ccc(-c2ccccc2-c2ccc(CCCCCC)s2)s1. The molecule has 3 aromatic rings. The molecule has 2 aromatic heterocycles. The summed E-state index contributed by atoms with van der Waals surface area (Å²) in [6, 6.07) is 18.3. The van der Waals surface area contributed by atoms with Crippen molar-refractivity contribution in [1.29, 1.82) is 0 Å². The molecule has 0 aliphatic rings. The van der Waals surface area contributed by atoms with Gasteiger partial charge >= 0.3 is 0 Å². The molecule has 28 heavy (non-hydrogen) atoms. The summed E-state index contributed by atoms with van der Waals surface area (Å²) in [4.78, 5) is 5.89. The van der Waals surface area contributed by atoms with Gasteiger partial charge < -0.3 is 0 Å². The lowest BCUT2D eigenvalue weighted by Crippen LogP contribution is -1.81. The summed E-state index contributed by atoms with van der Waals surface area (Å²) in [5.41, 5.74) is 2.79. The topological polar surface area (TPSA) is 0 Å². The molecule has 0 fully saturated rings. The van der Waals surface area contributed by atoms with Crippen LogP contribution in [0, 0.1) is 0 Å². The van der Waals surface area contributed by atoms with Crippen LogP contribution in [0.2, 0.25) is 0 Å². The molecular weight excluding hydrogens is 376 g/mol. The largest absolute Gasteiger partial charge is 0.140 e. The summed E-state index contributed by atoms with van der Waals surface area (Å²) in [6.45, 7) is 4.56. The lowest BCUT2D eigenvalue weighted by Gasteiger charge is -2.06. The van der Waals surface area contributed by atoms with Crippen molar-refractivity contribution < 1.29 is 0 Å². The molecular formula is C26H34S2. The minimum absolute atomic E-state index is 1.23. The van der Waals surface area contributed by atoms with E-state index in [1.54, 1.807) is 0 Å². The van der Waals surface area contributed by atoms with Crippen LogP contribution >= 0.6 is 22.7 Å². The summed E-state index contributed by atoms with van der Waals surface area (Å²) < 4.78 is 0. The van der Waals surface area contributed by atoms with Crippen molar-refractivity contribution >= 4 is 22.7 Å². The number of hydrogen-bond donors (Lipinski definition) is 0. The monoisotopic (exact) mass is 410 g/mol. The van der Waals surface area contributed by atoms with Crippen LogP contribution in [0.1, 0.15) is 75.0 Å². The van der Waals surface area contributed by atoms with Crippen molar-refractivity contribution in [3.8, 4) is 20.9 Å². The zero-order valence-electron chi connectivity index (χ0n) is 17.5. The Kier molecular flexibility index (Phi) is 8.82. The highest BCUT2D eigenvalue weighted by Crippen LogP contribution is 2.39. The normalized spacial score (nSPS) is 11.2. The highest BCUT2D eigenvalue weighted by Gasteiger charge is 2.11. The fraction of sp³-hybridized carbons (Fsp3) is 0.462. The first-order valence-corrected chi connectivity index (χ1v) is 12.7. The Labute approximate surface area is 179 Å². The maximum absolute atomic E-state index is 2.34. The number of thiophene rings is 2. The van der Waals surface area contributed by atoms with Gasteiger partial charge in [-0.05, 0) is 49.9 Å². The first kappa shape index (κ1) is 21.3. The van der Waals surface area contributed by atoms with Crippen LogP contribution in [0.4, 0.5) is 0 Å². The molecule has 0 bridgehead atoms. The number of aryl methyl sites for hydroxylation is 2. The third kappa shape index (κ3) is 6.06. The van der Waals surface area contributed by atoms with Gasteiger partial charge in [-0.1, -0.05) is 76.6 Å². The smallest absolute Gasteiger partial charge is 0.0352 e. The molecule has 0 aliphatic carbocycles. The molecule has 150 valence electrons. The van der Waals surface area contributed by atoms with Gasteiger partial charge in [0.25, 0.3) is 0 Å². The fourth-order valence-corrected chi connectivity index (χ4v) is 5.86. The zero-order chi connectivity index (χ0) is 19.6. The van der Waals surface area contributed by atoms with E-state index >= 15 is 0 Å². The second-order valence-corrected chi connectivity index (χ2v) is 10.0. The average molecular weight is 411 g/mol. The Morgan fingerprint density at radius 2 is 1.00 bits per heavy atom. The van der Waals surface area contributed by atoms with E-state index in [0.29, 0.717) is 0 Å². The Morgan fingerprint density at radius 1 is 0.536 bits per heavy atom. The minimum atomic E-state index is 1.23. The molecule has 0 amide bonds. The third-order valence-corrected chi connectivity index (χ3v) is 7.69. The average Bonchev–Trinajstić information content (AvgIpc) is 3.38. The molecule has 0 spiro atoms. The first-order valence-electron chi connectivity index (χ1n) is 11.1. The molecule has 0 atom stereocenters. The van der Waals surface area contributed by atoms with Gasteiger partial charge in [0.05, 0.1) is 0 Å². The van der Waals surface area contributed by atoms with Crippen LogP contribution in [-0.2, 0) is 12.8 Å². The molecule has 1 aromatic carbocycles. The van der Waals surface area contributed by atoms with Crippen LogP contribution in [0.3, 0.4) is 0 Å². The van der Waals surface area contributed by atoms with Crippen molar-refractivity contribution in [2.75, 3.05) is 0 Å². The Morgan fingerprint density at radius 3 is 1.43 bits per heavy atom. The summed E-state index contributed by atoms with van der Waals surface area (Å²) >= 11 is 3.97. The van der Waals surface area contributed by atoms with Crippen molar-refractivity contribution in [1.82, 2.24) is 0 Å². The molecule has 0 aliphatic heterocycles. The van der Waals surface area contributed by atoms with Gasteiger partial charge in [-0.15, -0.1) is 22.7 Å². The summed E-state index contributed by atoms with van der Waals surface area (Å²) in [5, 5.41) is 0. The standard InChI is InChI=1S/C26H34S2/c1-3-5-7-9-13-21-17-19-25(27-21)23-15-11-12-16-24(23)26-20-18-22(28-26)14-10-8-6-4-2/h11-12,15-20H,3-10,13-14H2,1-2H3. The van der Waals surface area contributed by atoms with E-state index in [0.717, 1.165) is 0 Å². The lowest BCUT2D eigenvalue weighted by molar-refractivity contribution is 0.670. The van der Waals surface area contributed by atoms with Crippen molar-refractivity contribution in [3.63, 3.8) is 0 Å². The molecule has 2 heterocycles. The van der Waals surface area contributed by atoms with Gasteiger partial charge in [-0.2, -0.15) is 0 Å². The Hall–Kier alpha value is -1.38. The Bertz CT molecular complexity index is 755. The van der Waals surface area contributed by atoms with E-state index < -0.39 is 0 Å². The molecule has 0 saturated heterocycles. The number of rotatable bonds is 12. The Balaban J connectivity index is 1.70. The van der Waals surface area contributed by atoms with E-state index in [1.165, 1.54) is 94.8 Å². The summed E-state index contributed by atoms with van der Waals surface area (Å²) in [6.07, 6.45) is 13.2. The maximum atomic E-state index is 2.34. The predicted octanol–water partition coefficient (Wildman–Crippen LogP) is 9.39. The highest BCUT2D eigenvalue weighted by atomic mass is 32.1. The van der Waals surface area contributed by atoms with E-state index in [1.807, 2.05) is 22.7 Å². The van der Waals surface area contributed by atoms with Gasteiger partial charge in [-0.3, -0.25) is 0 Å². The maximum Gasteiger partial charge on any atom is 0.0352 e. The van der Waals surface area contributed by atoms with Crippen LogP contribution in [-0.4, -0.2) is 0 Å². The molecule has 0 unspecified atom stereocenters. The second kappa shape index (κ2) is 11.6. The molecule has 0 saturated carbocycles. The molecule has 0 N–H and O–H groups in total. The second-order valence-electron chi connectivity index (χ2n) is 7.70. The third-order valence-electron chi connectivity index (χ3n) is 5.33. The van der Waals surface area contributed by atoms with Crippen LogP contribution in [0.5, 0.6) is 0 Å². The van der Waals surface area contributed by atoms with Gasteiger partial charge in [0.1, 0.15) is 0 Å². The summed E-state index contributed by atoms with van der Waals surface area (Å²) in [7, 11) is 0. The van der Waals surface area contributed by atoms with E-state index in [-0.39, 0.29) is 0 Å². The predicted molar refractivity (Wildman–Crippen MR) is 129 cm³/mol. The van der Waals surface area contributed by atoms with Crippen molar-refractivity contribution in [3.05, 3.63) is 58.3 Å². The first-order chi connectivity index (χ1) is 13.8. The van der Waals surface area contributed by atoms with Gasteiger partial charge in [0, 0.05) is 30.6 Å². The fourth-order valence-electron chi connectivity index (χ4n) is 3.68. The van der Waals surface area contributed by atoms with Gasteiger partial charge in [0.15, 0.2) is 0 Å². The van der Waals surface area contributed by atoms with E-state index in [4.69, 9.17) is 0 Å². The zero-order valence-corrected chi connectivity index (χ0v) is 19.1. The van der Waals surface area contributed by atoms with Gasteiger partial charge in [-0.25, -0.2) is 0 Å². The number of unbranched alkanes of at least 4 members (excludes halogenated alkanes) is 6. The number of benzene rings is 1. The van der Waals surface area contributed by atoms with Crippen LogP contribution < -0.4 is 0 Å². The molecule has 3 rings (SSSR count). The van der Waals surface area contributed by atoms with Crippen molar-refractivity contribution in [2.45, 2.75) is 78.1 Å². The summed E-state index contributed by atoms with van der Waals surface area (Å²) in [5.74, 6) is 0. The highest BCUT2D eigenvalue weighted by molar-refractivity contribution is 7.16. The van der Waals surface area contributed by atoms with E-state index in [9.17, 15) is 0 Å². The number of hydrogen-bond acceptors (Lipinski definition) is 2. The minimum Gasteiger partial charge on any atom is -0.140 e. The quantitative estimate of drug-likeness (QED) is 0.261.